The number of H-pyrrole nitrogens is 1. The predicted octanol–water partition coefficient (Wildman–Crippen LogP) is 2.19. The average Bonchev–Trinajstić information content (AvgIpc) is 3.45. The maximum absolute atomic E-state index is 12.9. The van der Waals surface area contributed by atoms with Crippen molar-refractivity contribution in [3.05, 3.63) is 35.3 Å². The molecule has 0 radical (unpaired) electrons. The highest BCUT2D eigenvalue weighted by Gasteiger charge is 2.33. The third kappa shape index (κ3) is 3.05. The van der Waals surface area contributed by atoms with Gasteiger partial charge in [0.25, 0.3) is 5.91 Å². The lowest BCUT2D eigenvalue weighted by Gasteiger charge is -2.22. The number of hydrogen-bond donors (Lipinski definition) is 1. The summed E-state index contributed by atoms with van der Waals surface area (Å²) in [5.41, 5.74) is 2.87. The molecule has 4 heterocycles. The molecule has 1 N–H and O–H groups in total. The van der Waals surface area contributed by atoms with Crippen LogP contribution in [0.2, 0.25) is 0 Å². The van der Waals surface area contributed by atoms with E-state index in [0.29, 0.717) is 18.8 Å². The molecule has 1 atom stereocenters. The molecule has 5 rings (SSSR count). The molecule has 1 aliphatic carbocycles. The standard InChI is InChI=1S/C20H25N5O2/c26-20(18-15-5-3-6-16(15)22-23-18)25-12-8-14(13-25)27-17-7-4-9-21-19(17)24-10-1-2-11-24/h4,7,9,14H,1-3,5-6,8,10-13H2,(H,22,23)/t14-/m0/s1. The van der Waals surface area contributed by atoms with Crippen molar-refractivity contribution >= 4 is 11.7 Å². The number of rotatable bonds is 4. The fourth-order valence-electron chi connectivity index (χ4n) is 4.48. The molecule has 0 unspecified atom stereocenters. The fraction of sp³-hybridized carbons (Fsp3) is 0.550. The molecule has 0 saturated carbocycles. The largest absolute Gasteiger partial charge is 0.485 e. The van der Waals surface area contributed by atoms with E-state index in [4.69, 9.17) is 4.74 Å². The van der Waals surface area contributed by atoms with Crippen LogP contribution < -0.4 is 9.64 Å². The smallest absolute Gasteiger partial charge is 0.274 e. The van der Waals surface area contributed by atoms with Crippen LogP contribution in [-0.2, 0) is 12.8 Å². The van der Waals surface area contributed by atoms with Gasteiger partial charge in [0.15, 0.2) is 17.3 Å². The summed E-state index contributed by atoms with van der Waals surface area (Å²) in [5.74, 6) is 1.80. The maximum atomic E-state index is 12.9. The summed E-state index contributed by atoms with van der Waals surface area (Å²) < 4.78 is 6.28. The van der Waals surface area contributed by atoms with Gasteiger partial charge in [-0.1, -0.05) is 0 Å². The Kier molecular flexibility index (Phi) is 4.22. The van der Waals surface area contributed by atoms with E-state index in [1.807, 2.05) is 23.2 Å². The van der Waals surface area contributed by atoms with Gasteiger partial charge in [-0.3, -0.25) is 9.89 Å². The van der Waals surface area contributed by atoms with Crippen LogP contribution in [0, 0.1) is 0 Å². The number of carbonyl (C=O) groups excluding carboxylic acids is 1. The van der Waals surface area contributed by atoms with Crippen LogP contribution in [0.25, 0.3) is 0 Å². The molecule has 27 heavy (non-hydrogen) atoms. The number of fused-ring (bicyclic) bond motifs is 1. The van der Waals surface area contributed by atoms with Crippen molar-refractivity contribution < 1.29 is 9.53 Å². The van der Waals surface area contributed by atoms with Crippen molar-refractivity contribution in [1.82, 2.24) is 20.1 Å². The average molecular weight is 367 g/mol. The van der Waals surface area contributed by atoms with Crippen molar-refractivity contribution in [2.45, 2.75) is 44.6 Å². The van der Waals surface area contributed by atoms with Gasteiger partial charge in [0, 0.05) is 43.5 Å². The Morgan fingerprint density at radius 3 is 2.96 bits per heavy atom. The van der Waals surface area contributed by atoms with Crippen LogP contribution in [-0.4, -0.2) is 58.3 Å². The second kappa shape index (κ2) is 6.87. The first-order valence-electron chi connectivity index (χ1n) is 10.0. The Labute approximate surface area is 158 Å². The number of carbonyl (C=O) groups is 1. The Hall–Kier alpha value is -2.57. The van der Waals surface area contributed by atoms with E-state index in [1.54, 1.807) is 0 Å². The molecule has 2 fully saturated rings. The first-order valence-corrected chi connectivity index (χ1v) is 10.0. The number of anilines is 1. The summed E-state index contributed by atoms with van der Waals surface area (Å²) in [6, 6.07) is 3.91. The molecule has 1 amide bonds. The monoisotopic (exact) mass is 367 g/mol. The molecule has 7 heteroatoms. The predicted molar refractivity (Wildman–Crippen MR) is 101 cm³/mol. The summed E-state index contributed by atoms with van der Waals surface area (Å²) in [6.45, 7) is 3.39. The second-order valence-electron chi connectivity index (χ2n) is 7.68. The molecule has 3 aliphatic rings. The number of ether oxygens (including phenoxy) is 1. The quantitative estimate of drug-likeness (QED) is 0.897. The van der Waals surface area contributed by atoms with Gasteiger partial charge in [0.2, 0.25) is 0 Å². The van der Waals surface area contributed by atoms with E-state index in [2.05, 4.69) is 20.1 Å². The minimum atomic E-state index is 0.00601. The van der Waals surface area contributed by atoms with Crippen LogP contribution >= 0.6 is 0 Å². The molecule has 2 aliphatic heterocycles. The number of pyridine rings is 1. The summed E-state index contributed by atoms with van der Waals surface area (Å²) in [7, 11) is 0. The number of aromatic nitrogens is 3. The number of nitrogens with one attached hydrogen (secondary N) is 1. The molecule has 2 saturated heterocycles. The number of aryl methyl sites for hydroxylation is 1. The van der Waals surface area contributed by atoms with Crippen LogP contribution in [0.5, 0.6) is 5.75 Å². The van der Waals surface area contributed by atoms with Crippen molar-refractivity contribution in [1.29, 1.82) is 0 Å². The lowest BCUT2D eigenvalue weighted by molar-refractivity contribution is 0.0765. The molecular formula is C20H25N5O2. The Morgan fingerprint density at radius 2 is 2.07 bits per heavy atom. The van der Waals surface area contributed by atoms with Crippen LogP contribution in [0.3, 0.4) is 0 Å². The number of likely N-dealkylation sites (tertiary alicyclic amines) is 1. The van der Waals surface area contributed by atoms with Crippen LogP contribution in [0.1, 0.15) is 47.4 Å². The van der Waals surface area contributed by atoms with Gasteiger partial charge in [-0.15, -0.1) is 0 Å². The Bertz CT molecular complexity index is 843. The number of aromatic amines is 1. The summed E-state index contributed by atoms with van der Waals surface area (Å²) >= 11 is 0. The van der Waals surface area contributed by atoms with E-state index < -0.39 is 0 Å². The highest BCUT2D eigenvalue weighted by atomic mass is 16.5. The third-order valence-corrected chi connectivity index (χ3v) is 5.89. The highest BCUT2D eigenvalue weighted by molar-refractivity contribution is 5.94. The van der Waals surface area contributed by atoms with Gasteiger partial charge in [-0.05, 0) is 44.2 Å². The molecule has 2 aromatic heterocycles. The van der Waals surface area contributed by atoms with Crippen molar-refractivity contribution in [3.63, 3.8) is 0 Å². The van der Waals surface area contributed by atoms with E-state index in [1.165, 1.54) is 12.8 Å². The van der Waals surface area contributed by atoms with Crippen molar-refractivity contribution in [2.24, 2.45) is 0 Å². The second-order valence-corrected chi connectivity index (χ2v) is 7.68. The first-order chi connectivity index (χ1) is 13.3. The van der Waals surface area contributed by atoms with E-state index in [0.717, 1.165) is 61.6 Å². The topological polar surface area (TPSA) is 74.3 Å². The van der Waals surface area contributed by atoms with Crippen LogP contribution in [0.15, 0.2) is 18.3 Å². The van der Waals surface area contributed by atoms with Gasteiger partial charge in [-0.25, -0.2) is 4.98 Å². The normalized spacial score (nSPS) is 21.7. The van der Waals surface area contributed by atoms with E-state index in [-0.39, 0.29) is 12.0 Å². The van der Waals surface area contributed by atoms with E-state index >= 15 is 0 Å². The Balaban J connectivity index is 1.27. The molecular weight excluding hydrogens is 342 g/mol. The van der Waals surface area contributed by atoms with Gasteiger partial charge in [0.05, 0.1) is 6.54 Å². The number of amides is 1. The molecule has 0 bridgehead atoms. The molecule has 142 valence electrons. The van der Waals surface area contributed by atoms with Crippen molar-refractivity contribution in [2.75, 3.05) is 31.1 Å². The zero-order chi connectivity index (χ0) is 18.2. The molecule has 2 aromatic rings. The molecule has 0 spiro atoms. The Morgan fingerprint density at radius 1 is 1.19 bits per heavy atom. The summed E-state index contributed by atoms with van der Waals surface area (Å²) in [5, 5.41) is 7.32. The summed E-state index contributed by atoms with van der Waals surface area (Å²) in [4.78, 5) is 21.6. The molecule has 0 aromatic carbocycles. The molecule has 7 nitrogen and oxygen atoms in total. The van der Waals surface area contributed by atoms with Crippen molar-refractivity contribution in [3.8, 4) is 5.75 Å². The maximum Gasteiger partial charge on any atom is 0.274 e. The third-order valence-electron chi connectivity index (χ3n) is 5.89. The van der Waals surface area contributed by atoms with Crippen LogP contribution in [0.4, 0.5) is 5.82 Å². The number of hydrogen-bond acceptors (Lipinski definition) is 5. The van der Waals surface area contributed by atoms with Gasteiger partial charge >= 0.3 is 0 Å². The van der Waals surface area contributed by atoms with Gasteiger partial charge in [0.1, 0.15) is 6.10 Å². The zero-order valence-corrected chi connectivity index (χ0v) is 15.5. The fourth-order valence-corrected chi connectivity index (χ4v) is 4.48. The minimum Gasteiger partial charge on any atom is -0.485 e. The zero-order valence-electron chi connectivity index (χ0n) is 15.5. The lowest BCUT2D eigenvalue weighted by Crippen LogP contribution is -2.32. The minimum absolute atomic E-state index is 0.00601. The van der Waals surface area contributed by atoms with Gasteiger partial charge < -0.3 is 14.5 Å². The number of nitrogens with zero attached hydrogens (tertiary/aromatic N) is 4. The highest BCUT2D eigenvalue weighted by Crippen LogP contribution is 2.31. The first kappa shape index (κ1) is 16.6. The summed E-state index contributed by atoms with van der Waals surface area (Å²) in [6.07, 6.45) is 8.14. The SMILES string of the molecule is O=C(c1n[nH]c2c1CCC2)N1CC[C@H](Oc2cccnc2N2CCCC2)C1. The lowest BCUT2D eigenvalue weighted by atomic mass is 10.2. The van der Waals surface area contributed by atoms with Gasteiger partial charge in [-0.2, -0.15) is 5.10 Å². The van der Waals surface area contributed by atoms with E-state index in [9.17, 15) is 4.79 Å².